The van der Waals surface area contributed by atoms with Gasteiger partial charge in [-0.05, 0) is 24.1 Å². The van der Waals surface area contributed by atoms with Crippen LogP contribution in [0.15, 0.2) is 22.6 Å². The van der Waals surface area contributed by atoms with Crippen LogP contribution in [0.25, 0.3) is 11.1 Å². The van der Waals surface area contributed by atoms with E-state index in [-0.39, 0.29) is 0 Å². The first-order valence-electron chi connectivity index (χ1n) is 5.41. The quantitative estimate of drug-likeness (QED) is 0.803. The van der Waals surface area contributed by atoms with Crippen LogP contribution in [0.3, 0.4) is 0 Å². The molecular formula is C12H16N2O2. The molecule has 0 saturated carbocycles. The van der Waals surface area contributed by atoms with Crippen molar-refractivity contribution in [1.29, 1.82) is 0 Å². The first-order chi connectivity index (χ1) is 7.70. The van der Waals surface area contributed by atoms with Crippen molar-refractivity contribution in [3.05, 3.63) is 29.7 Å². The minimum atomic E-state index is 0.309. The van der Waals surface area contributed by atoms with Crippen LogP contribution in [0.1, 0.15) is 31.2 Å². The summed E-state index contributed by atoms with van der Waals surface area (Å²) in [5.41, 5.74) is 2.89. The van der Waals surface area contributed by atoms with E-state index in [2.05, 4.69) is 23.7 Å². The van der Waals surface area contributed by atoms with E-state index in [4.69, 9.17) is 10.3 Å². The Balaban J connectivity index is 2.30. The zero-order valence-corrected chi connectivity index (χ0v) is 9.56. The molecule has 2 rings (SSSR count). The summed E-state index contributed by atoms with van der Waals surface area (Å²) in [6, 6.07) is 5.97. The summed E-state index contributed by atoms with van der Waals surface area (Å²) in [4.78, 5) is 9.00. The molecule has 4 heteroatoms. The third-order valence-electron chi connectivity index (χ3n) is 2.47. The van der Waals surface area contributed by atoms with Gasteiger partial charge in [-0.2, -0.15) is 0 Å². The van der Waals surface area contributed by atoms with E-state index in [9.17, 15) is 0 Å². The number of benzene rings is 1. The molecule has 86 valence electrons. The monoisotopic (exact) mass is 220 g/mol. The highest BCUT2D eigenvalue weighted by Gasteiger charge is 2.09. The highest BCUT2D eigenvalue weighted by molar-refractivity contribution is 5.73. The normalized spacial score (nSPS) is 11.5. The molecule has 0 radical (unpaired) electrons. The van der Waals surface area contributed by atoms with Crippen molar-refractivity contribution in [3.8, 4) is 0 Å². The van der Waals surface area contributed by atoms with Gasteiger partial charge in [-0.1, -0.05) is 19.9 Å². The second kappa shape index (κ2) is 4.63. The van der Waals surface area contributed by atoms with Gasteiger partial charge < -0.3 is 9.25 Å². The molecule has 1 aromatic carbocycles. The molecule has 2 aromatic rings. The van der Waals surface area contributed by atoms with Gasteiger partial charge in [0, 0.05) is 5.92 Å². The number of oxazole rings is 1. The Bertz CT molecular complexity index is 477. The summed E-state index contributed by atoms with van der Waals surface area (Å²) in [7, 11) is 0. The maximum Gasteiger partial charge on any atom is 0.198 e. The van der Waals surface area contributed by atoms with Gasteiger partial charge in [0.2, 0.25) is 0 Å². The zero-order chi connectivity index (χ0) is 11.5. The predicted octanol–water partition coefficient (Wildman–Crippen LogP) is 2.38. The Hall–Kier alpha value is -1.39. The van der Waals surface area contributed by atoms with Gasteiger partial charge in [0.1, 0.15) is 5.52 Å². The number of fused-ring (bicyclic) bond motifs is 1. The van der Waals surface area contributed by atoms with Crippen molar-refractivity contribution < 1.29 is 9.25 Å². The van der Waals surface area contributed by atoms with E-state index in [1.54, 1.807) is 0 Å². The van der Waals surface area contributed by atoms with Crippen LogP contribution in [0.5, 0.6) is 0 Å². The molecule has 0 amide bonds. The molecule has 0 fully saturated rings. The second-order valence-electron chi connectivity index (χ2n) is 4.13. The van der Waals surface area contributed by atoms with Crippen molar-refractivity contribution in [2.75, 3.05) is 6.61 Å². The second-order valence-corrected chi connectivity index (χ2v) is 4.13. The molecule has 0 aliphatic carbocycles. The fourth-order valence-corrected chi connectivity index (χ4v) is 1.57. The lowest BCUT2D eigenvalue weighted by Gasteiger charge is -1.98. The van der Waals surface area contributed by atoms with Gasteiger partial charge in [0.15, 0.2) is 11.5 Å². The van der Waals surface area contributed by atoms with Crippen molar-refractivity contribution in [2.24, 2.45) is 5.90 Å². The lowest BCUT2D eigenvalue weighted by molar-refractivity contribution is 0.141. The largest absolute Gasteiger partial charge is 0.440 e. The number of rotatable bonds is 4. The van der Waals surface area contributed by atoms with E-state index in [0.29, 0.717) is 12.5 Å². The van der Waals surface area contributed by atoms with E-state index < -0.39 is 0 Å². The molecular weight excluding hydrogens is 204 g/mol. The molecule has 16 heavy (non-hydrogen) atoms. The van der Waals surface area contributed by atoms with Crippen LogP contribution < -0.4 is 5.90 Å². The highest BCUT2D eigenvalue weighted by Crippen LogP contribution is 2.22. The lowest BCUT2D eigenvalue weighted by atomic mass is 10.1. The highest BCUT2D eigenvalue weighted by atomic mass is 16.6. The predicted molar refractivity (Wildman–Crippen MR) is 61.9 cm³/mol. The van der Waals surface area contributed by atoms with E-state index >= 15 is 0 Å². The maximum atomic E-state index is 5.62. The van der Waals surface area contributed by atoms with Crippen LogP contribution in [0, 0.1) is 0 Å². The average Bonchev–Trinajstić information content (AvgIpc) is 2.69. The Morgan fingerprint density at radius 3 is 2.94 bits per heavy atom. The number of hydrogen-bond donors (Lipinski definition) is 1. The minimum absolute atomic E-state index is 0.309. The van der Waals surface area contributed by atoms with Crippen LogP contribution in [-0.4, -0.2) is 11.6 Å². The first kappa shape index (κ1) is 11.1. The summed E-state index contributed by atoms with van der Waals surface area (Å²) < 4.78 is 5.62. The van der Waals surface area contributed by atoms with E-state index in [1.165, 1.54) is 0 Å². The van der Waals surface area contributed by atoms with Crippen molar-refractivity contribution in [2.45, 2.75) is 26.2 Å². The van der Waals surface area contributed by atoms with Crippen molar-refractivity contribution in [3.63, 3.8) is 0 Å². The van der Waals surface area contributed by atoms with Crippen LogP contribution in [0.2, 0.25) is 0 Å². The van der Waals surface area contributed by atoms with Gasteiger partial charge in [0.05, 0.1) is 6.61 Å². The molecule has 2 N–H and O–H groups in total. The summed E-state index contributed by atoms with van der Waals surface area (Å²) in [5, 5.41) is 0. The molecule has 0 bridgehead atoms. The number of aromatic nitrogens is 1. The average molecular weight is 220 g/mol. The van der Waals surface area contributed by atoms with Crippen LogP contribution in [-0.2, 0) is 11.3 Å². The molecule has 0 spiro atoms. The Kier molecular flexibility index (Phi) is 3.22. The number of nitrogens with two attached hydrogens (primary N) is 1. The van der Waals surface area contributed by atoms with E-state index in [0.717, 1.165) is 29.0 Å². The SMILES string of the molecule is CC(C)c1nc2cc(CCON)ccc2o1. The first-order valence-corrected chi connectivity index (χ1v) is 5.41. The molecule has 0 aliphatic heterocycles. The summed E-state index contributed by atoms with van der Waals surface area (Å²) >= 11 is 0. The smallest absolute Gasteiger partial charge is 0.198 e. The van der Waals surface area contributed by atoms with Crippen molar-refractivity contribution >= 4 is 11.1 Å². The standard InChI is InChI=1S/C12H16N2O2/c1-8(2)12-14-10-7-9(5-6-15-13)3-4-11(10)16-12/h3-4,7-8H,5-6,13H2,1-2H3. The summed E-state index contributed by atoms with van der Waals surface area (Å²) in [6.07, 6.45) is 0.788. The third kappa shape index (κ3) is 2.23. The Labute approximate surface area is 94.4 Å². The van der Waals surface area contributed by atoms with Crippen molar-refractivity contribution in [1.82, 2.24) is 4.98 Å². The third-order valence-corrected chi connectivity index (χ3v) is 2.47. The Morgan fingerprint density at radius 1 is 1.44 bits per heavy atom. The molecule has 0 unspecified atom stereocenters. The summed E-state index contributed by atoms with van der Waals surface area (Å²) in [5.74, 6) is 6.09. The molecule has 0 saturated heterocycles. The number of nitrogens with zero attached hydrogens (tertiary/aromatic N) is 1. The minimum Gasteiger partial charge on any atom is -0.440 e. The van der Waals surface area contributed by atoms with Crippen LogP contribution in [0.4, 0.5) is 0 Å². The maximum absolute atomic E-state index is 5.62. The molecule has 1 heterocycles. The van der Waals surface area contributed by atoms with Gasteiger partial charge >= 0.3 is 0 Å². The van der Waals surface area contributed by atoms with Gasteiger partial charge in [-0.3, -0.25) is 0 Å². The molecule has 1 aromatic heterocycles. The molecule has 4 nitrogen and oxygen atoms in total. The Morgan fingerprint density at radius 2 is 2.25 bits per heavy atom. The molecule has 0 atom stereocenters. The molecule has 0 aliphatic rings. The van der Waals surface area contributed by atoms with Gasteiger partial charge in [-0.15, -0.1) is 0 Å². The van der Waals surface area contributed by atoms with Gasteiger partial charge in [-0.25, -0.2) is 10.9 Å². The van der Waals surface area contributed by atoms with E-state index in [1.807, 2.05) is 18.2 Å². The van der Waals surface area contributed by atoms with Crippen LogP contribution >= 0.6 is 0 Å². The summed E-state index contributed by atoms with van der Waals surface area (Å²) in [6.45, 7) is 4.64. The fraction of sp³-hybridized carbons (Fsp3) is 0.417. The van der Waals surface area contributed by atoms with Gasteiger partial charge in [0.25, 0.3) is 0 Å². The fourth-order valence-electron chi connectivity index (χ4n) is 1.57. The lowest BCUT2D eigenvalue weighted by Crippen LogP contribution is -2.03. The zero-order valence-electron chi connectivity index (χ0n) is 9.56. The topological polar surface area (TPSA) is 61.3 Å². The number of hydrogen-bond acceptors (Lipinski definition) is 4.